The second-order valence-corrected chi connectivity index (χ2v) is 7.77. The Morgan fingerprint density at radius 1 is 1.23 bits per heavy atom. The molecule has 0 aliphatic heterocycles. The first-order chi connectivity index (χ1) is 16.3. The first kappa shape index (κ1) is 27.8. The van der Waals surface area contributed by atoms with Crippen LogP contribution in [-0.2, 0) is 11.0 Å². The monoisotopic (exact) mass is 529 g/mol. The zero-order chi connectivity index (χ0) is 26.2. The Hall–Kier alpha value is -3.43. The van der Waals surface area contributed by atoms with E-state index in [9.17, 15) is 34.9 Å². The highest BCUT2D eigenvalue weighted by Crippen LogP contribution is 2.30. The van der Waals surface area contributed by atoms with Gasteiger partial charge in [0.25, 0.3) is 0 Å². The molecule has 1 atom stereocenters. The number of halogens is 7. The number of ether oxygens (including phenoxy) is 2. The molecule has 0 aliphatic rings. The molecule has 2 rings (SSSR count). The van der Waals surface area contributed by atoms with Crippen molar-refractivity contribution in [3.8, 4) is 23.0 Å². The molecule has 3 N–H and O–H groups in total. The molecule has 0 saturated heterocycles. The van der Waals surface area contributed by atoms with Crippen molar-refractivity contribution in [2.24, 2.45) is 10.7 Å². The number of anilines is 1. The van der Waals surface area contributed by atoms with Crippen LogP contribution in [0.25, 0.3) is 11.3 Å². The quantitative estimate of drug-likeness (QED) is 0.358. The molecule has 2 heterocycles. The van der Waals surface area contributed by atoms with E-state index in [1.54, 1.807) is 0 Å². The van der Waals surface area contributed by atoms with Crippen LogP contribution in [0.2, 0.25) is 0 Å². The topological polar surface area (TPSA) is 112 Å². The van der Waals surface area contributed by atoms with Crippen LogP contribution < -0.4 is 19.9 Å². The molecule has 0 aromatic carbocycles. The fourth-order valence-corrected chi connectivity index (χ4v) is 3.15. The maximum atomic E-state index is 14.4. The molecule has 16 heteroatoms. The highest BCUT2D eigenvalue weighted by molar-refractivity contribution is 7.86. The Bertz CT molecular complexity index is 1110. The van der Waals surface area contributed by atoms with E-state index in [0.717, 1.165) is 36.8 Å². The summed E-state index contributed by atoms with van der Waals surface area (Å²) in [6, 6.07) is 3.24. The van der Waals surface area contributed by atoms with Crippen molar-refractivity contribution in [2.75, 3.05) is 30.7 Å². The fourth-order valence-electron chi connectivity index (χ4n) is 2.38. The second-order valence-electron chi connectivity index (χ2n) is 6.58. The number of nitrogens with zero attached hydrogens (tertiary/aromatic N) is 3. The predicted molar refractivity (Wildman–Crippen MR) is 114 cm³/mol. The summed E-state index contributed by atoms with van der Waals surface area (Å²) in [5, 5.41) is 0. The van der Waals surface area contributed by atoms with Crippen LogP contribution >= 0.6 is 0 Å². The van der Waals surface area contributed by atoms with Gasteiger partial charge in [-0.25, -0.2) is 18.6 Å². The summed E-state index contributed by atoms with van der Waals surface area (Å²) >= 11 is 0. The average Bonchev–Trinajstić information content (AvgIpc) is 2.74. The van der Waals surface area contributed by atoms with Gasteiger partial charge in [0.1, 0.15) is 47.1 Å². The summed E-state index contributed by atoms with van der Waals surface area (Å²) in [4.78, 5) is 11.0. The minimum atomic E-state index is -4.70. The molecule has 2 aromatic heterocycles. The van der Waals surface area contributed by atoms with E-state index in [1.165, 1.54) is 7.11 Å². The van der Waals surface area contributed by atoms with Crippen LogP contribution in [0.4, 0.5) is 36.4 Å². The number of nitrogens with two attached hydrogens (primary N) is 1. The molecule has 0 fully saturated rings. The van der Waals surface area contributed by atoms with Crippen molar-refractivity contribution in [1.82, 2.24) is 9.97 Å². The van der Waals surface area contributed by atoms with Gasteiger partial charge in [-0.3, -0.25) is 9.71 Å². The molecule has 192 valence electrons. The van der Waals surface area contributed by atoms with Crippen LogP contribution in [-0.4, -0.2) is 58.8 Å². The first-order valence-corrected chi connectivity index (χ1v) is 10.7. The lowest BCUT2D eigenvalue weighted by atomic mass is 10.1. The third-order valence-corrected chi connectivity index (χ3v) is 4.82. The van der Waals surface area contributed by atoms with E-state index in [4.69, 9.17) is 15.2 Å². The van der Waals surface area contributed by atoms with Crippen LogP contribution in [0, 0.1) is 5.82 Å². The van der Waals surface area contributed by atoms with Crippen LogP contribution in [0.1, 0.15) is 0 Å². The van der Waals surface area contributed by atoms with Crippen LogP contribution in [0.3, 0.4) is 0 Å². The summed E-state index contributed by atoms with van der Waals surface area (Å²) < 4.78 is 113. The zero-order valence-corrected chi connectivity index (χ0v) is 18.6. The summed E-state index contributed by atoms with van der Waals surface area (Å²) in [6.45, 7) is -1.77. The number of methoxy groups -OCH3 is 1. The minimum absolute atomic E-state index is 0.0263. The van der Waals surface area contributed by atoms with Gasteiger partial charge in [0, 0.05) is 35.8 Å². The van der Waals surface area contributed by atoms with Gasteiger partial charge in [-0.1, -0.05) is 0 Å². The molecule has 0 bridgehead atoms. The van der Waals surface area contributed by atoms with Crippen LogP contribution in [0.15, 0.2) is 41.2 Å². The van der Waals surface area contributed by atoms with Gasteiger partial charge >= 0.3 is 12.4 Å². The molecule has 35 heavy (non-hydrogen) atoms. The number of nitrogens with one attached hydrogen (secondary N) is 1. The number of alkyl halides is 6. The number of rotatable bonds is 10. The molecule has 8 nitrogen and oxygen atoms in total. The number of pyridine rings is 2. The van der Waals surface area contributed by atoms with E-state index in [0.29, 0.717) is 0 Å². The van der Waals surface area contributed by atoms with Gasteiger partial charge in [-0.05, 0) is 12.1 Å². The maximum absolute atomic E-state index is 14.4. The Morgan fingerprint density at radius 2 is 1.94 bits per heavy atom. The van der Waals surface area contributed by atoms with Crippen molar-refractivity contribution in [3.05, 3.63) is 42.0 Å². The van der Waals surface area contributed by atoms with Gasteiger partial charge in [0.15, 0.2) is 0 Å². The Morgan fingerprint density at radius 3 is 2.54 bits per heavy atom. The zero-order valence-electron chi connectivity index (χ0n) is 17.8. The Labute approximate surface area is 196 Å². The predicted octanol–water partition coefficient (Wildman–Crippen LogP) is 3.78. The van der Waals surface area contributed by atoms with Crippen molar-refractivity contribution in [1.29, 1.82) is 0 Å². The minimum Gasteiger partial charge on any atom is -0.480 e. The third-order valence-electron chi connectivity index (χ3n) is 3.79. The standard InChI is InChI=1S/C19H18F7N5O3S/c1-33-17-14(31-35(32)10-19(24,25)26)4-12(7-29-17)16-13(20)2-3-15(30-16)34-8-11(5-27)6-28-9-18(21,22)23/h2-7,31H,8-10,27H2,1H3/b11-5+,28-6?. The molecule has 0 amide bonds. The van der Waals surface area contributed by atoms with Gasteiger partial charge < -0.3 is 15.2 Å². The summed E-state index contributed by atoms with van der Waals surface area (Å²) in [5.74, 6) is -2.86. The smallest absolute Gasteiger partial charge is 0.407 e. The molecule has 2 aromatic rings. The summed E-state index contributed by atoms with van der Waals surface area (Å²) in [6.07, 6.45) is -6.25. The van der Waals surface area contributed by atoms with E-state index in [1.807, 2.05) is 0 Å². The fraction of sp³-hybridized carbons (Fsp3) is 0.316. The van der Waals surface area contributed by atoms with Crippen molar-refractivity contribution in [3.63, 3.8) is 0 Å². The maximum Gasteiger partial charge on any atom is 0.407 e. The third kappa shape index (κ3) is 9.38. The Kier molecular flexibility index (Phi) is 9.39. The average molecular weight is 529 g/mol. The largest absolute Gasteiger partial charge is 0.480 e. The molecule has 0 saturated carbocycles. The summed E-state index contributed by atoms with van der Waals surface area (Å²) in [7, 11) is -1.41. The molecule has 0 aliphatic carbocycles. The van der Waals surface area contributed by atoms with E-state index < -0.39 is 41.5 Å². The molecular weight excluding hydrogens is 511 g/mol. The van der Waals surface area contributed by atoms with Crippen molar-refractivity contribution < 1.29 is 44.4 Å². The number of aromatic nitrogens is 2. The number of hydrogen-bond acceptors (Lipinski definition) is 7. The lowest BCUT2D eigenvalue weighted by molar-refractivity contribution is -0.118. The van der Waals surface area contributed by atoms with E-state index in [-0.39, 0.29) is 40.9 Å². The molecule has 1 unspecified atom stereocenters. The molecular formula is C19H18F7N5O3S. The normalized spacial score (nSPS) is 13.7. The second kappa shape index (κ2) is 11.8. The molecule has 0 spiro atoms. The van der Waals surface area contributed by atoms with Gasteiger partial charge in [-0.15, -0.1) is 0 Å². The van der Waals surface area contributed by atoms with E-state index >= 15 is 0 Å². The number of hydrogen-bond donors (Lipinski definition) is 2. The highest BCUT2D eigenvalue weighted by Gasteiger charge is 2.31. The van der Waals surface area contributed by atoms with Crippen LogP contribution in [0.5, 0.6) is 11.8 Å². The molecule has 0 radical (unpaired) electrons. The highest BCUT2D eigenvalue weighted by atomic mass is 32.2. The van der Waals surface area contributed by atoms with Gasteiger partial charge in [0.2, 0.25) is 11.8 Å². The van der Waals surface area contributed by atoms with Crippen molar-refractivity contribution >= 4 is 22.9 Å². The van der Waals surface area contributed by atoms with Crippen molar-refractivity contribution in [2.45, 2.75) is 12.4 Å². The van der Waals surface area contributed by atoms with Gasteiger partial charge in [0.05, 0.1) is 7.11 Å². The lowest BCUT2D eigenvalue weighted by Gasteiger charge is -2.13. The lowest BCUT2D eigenvalue weighted by Crippen LogP contribution is -2.23. The Balaban J connectivity index is 2.23. The van der Waals surface area contributed by atoms with Gasteiger partial charge in [-0.2, -0.15) is 26.3 Å². The number of aliphatic imine (C=N–C) groups is 1. The van der Waals surface area contributed by atoms with E-state index in [2.05, 4.69) is 19.7 Å². The first-order valence-electron chi connectivity index (χ1n) is 9.34. The SMILES string of the molecule is COc1ncc(-c2nc(OC/C(C=NCC(F)(F)F)=C/N)ccc2F)cc1NS(=O)CC(F)(F)F. The summed E-state index contributed by atoms with van der Waals surface area (Å²) in [5.41, 5.74) is 4.84.